The first-order chi connectivity index (χ1) is 8.38. The Morgan fingerprint density at radius 1 is 1.28 bits per heavy atom. The molecule has 0 spiro atoms. The third-order valence-corrected chi connectivity index (χ3v) is 3.30. The number of nitrogens with two attached hydrogens (primary N) is 2. The van der Waals surface area contributed by atoms with Crippen LogP contribution in [0.1, 0.15) is 6.42 Å². The predicted octanol–water partition coefficient (Wildman–Crippen LogP) is -2.46. The number of amides is 3. The molecule has 3 amide bonds. The highest BCUT2D eigenvalue weighted by molar-refractivity contribution is 8.14. The second kappa shape index (κ2) is 5.65. The molecule has 98 valence electrons. The van der Waals surface area contributed by atoms with Gasteiger partial charge in [-0.15, -0.1) is 0 Å². The summed E-state index contributed by atoms with van der Waals surface area (Å²) in [4.78, 5) is 44.5. The average molecular weight is 272 g/mol. The smallest absolute Gasteiger partial charge is 0.258 e. The standard InChI is InChI=1S/C9H12N4O4S/c10-5(14)1-2-6(15)12-13-9(7(11)16)3-4-18-8(9)17/h1-2,13H,3-4H2,(H2,10,14)(H2,11,16)(H,12,15)/b2-1-/t9-/m1/s1. The third kappa shape index (κ3) is 3.08. The van der Waals surface area contributed by atoms with Crippen molar-refractivity contribution in [2.24, 2.45) is 11.5 Å². The maximum Gasteiger partial charge on any atom is 0.258 e. The molecule has 1 atom stereocenters. The second-order valence-electron chi connectivity index (χ2n) is 3.51. The summed E-state index contributed by atoms with van der Waals surface area (Å²) in [6.07, 6.45) is 1.90. The monoisotopic (exact) mass is 272 g/mol. The van der Waals surface area contributed by atoms with Crippen molar-refractivity contribution in [1.29, 1.82) is 0 Å². The first-order valence-corrected chi connectivity index (χ1v) is 5.89. The molecule has 18 heavy (non-hydrogen) atoms. The lowest BCUT2D eigenvalue weighted by molar-refractivity contribution is -0.132. The van der Waals surface area contributed by atoms with Gasteiger partial charge >= 0.3 is 0 Å². The zero-order valence-electron chi connectivity index (χ0n) is 9.26. The number of thioether (sulfide) groups is 1. The minimum atomic E-state index is -1.60. The van der Waals surface area contributed by atoms with Crippen LogP contribution in [0, 0.1) is 0 Å². The van der Waals surface area contributed by atoms with Gasteiger partial charge in [-0.2, -0.15) is 0 Å². The van der Waals surface area contributed by atoms with Gasteiger partial charge in [-0.3, -0.25) is 24.6 Å². The van der Waals surface area contributed by atoms with E-state index in [1.54, 1.807) is 0 Å². The Balaban J connectivity index is 2.65. The molecule has 8 nitrogen and oxygen atoms in total. The van der Waals surface area contributed by atoms with Crippen LogP contribution in [0.15, 0.2) is 12.2 Å². The van der Waals surface area contributed by atoms with E-state index in [1.807, 2.05) is 0 Å². The minimum absolute atomic E-state index is 0.186. The topological polar surface area (TPSA) is 144 Å². The van der Waals surface area contributed by atoms with E-state index in [0.29, 0.717) is 5.75 Å². The van der Waals surface area contributed by atoms with Crippen LogP contribution in [0.3, 0.4) is 0 Å². The van der Waals surface area contributed by atoms with E-state index in [1.165, 1.54) is 0 Å². The lowest BCUT2D eigenvalue weighted by Crippen LogP contribution is -2.63. The summed E-state index contributed by atoms with van der Waals surface area (Å²) in [7, 11) is 0. The summed E-state index contributed by atoms with van der Waals surface area (Å²) >= 11 is 0.957. The molecule has 1 rings (SSSR count). The molecule has 0 unspecified atom stereocenters. The number of rotatable bonds is 5. The van der Waals surface area contributed by atoms with Gasteiger partial charge in [-0.25, -0.2) is 5.43 Å². The number of carbonyl (C=O) groups is 4. The van der Waals surface area contributed by atoms with Gasteiger partial charge in [0.1, 0.15) is 0 Å². The van der Waals surface area contributed by atoms with Gasteiger partial charge in [0.2, 0.25) is 16.9 Å². The number of carbonyl (C=O) groups excluding carboxylic acids is 4. The maximum absolute atomic E-state index is 11.6. The molecule has 1 aliphatic rings. The lowest BCUT2D eigenvalue weighted by atomic mass is 9.99. The summed E-state index contributed by atoms with van der Waals surface area (Å²) in [6.45, 7) is 0. The first kappa shape index (κ1) is 14.2. The van der Waals surface area contributed by atoms with Crippen LogP contribution in [0.2, 0.25) is 0 Å². The zero-order chi connectivity index (χ0) is 13.8. The molecule has 1 heterocycles. The van der Waals surface area contributed by atoms with Crippen molar-refractivity contribution in [2.75, 3.05) is 5.75 Å². The Bertz CT molecular complexity index is 436. The van der Waals surface area contributed by atoms with Crippen molar-refractivity contribution in [1.82, 2.24) is 10.9 Å². The first-order valence-electron chi connectivity index (χ1n) is 4.90. The Morgan fingerprint density at radius 2 is 1.94 bits per heavy atom. The van der Waals surface area contributed by atoms with Crippen molar-refractivity contribution < 1.29 is 19.2 Å². The largest absolute Gasteiger partial charge is 0.368 e. The number of primary amides is 2. The SMILES string of the molecule is NC(=O)/C=C\C(=O)NN[C@@]1(C(N)=O)CCSC1=O. The molecular weight excluding hydrogens is 260 g/mol. The van der Waals surface area contributed by atoms with Crippen molar-refractivity contribution in [3.05, 3.63) is 12.2 Å². The summed E-state index contributed by atoms with van der Waals surface area (Å²) < 4.78 is 0. The highest BCUT2D eigenvalue weighted by Crippen LogP contribution is 2.29. The molecule has 6 N–H and O–H groups in total. The van der Waals surface area contributed by atoms with Crippen LogP contribution in [-0.2, 0) is 19.2 Å². The molecule has 0 saturated carbocycles. The van der Waals surface area contributed by atoms with Crippen LogP contribution < -0.4 is 22.3 Å². The van der Waals surface area contributed by atoms with E-state index in [0.717, 1.165) is 23.9 Å². The van der Waals surface area contributed by atoms with Crippen LogP contribution in [0.5, 0.6) is 0 Å². The molecule has 9 heteroatoms. The molecule has 1 aliphatic heterocycles. The number of hydrogen-bond acceptors (Lipinski definition) is 6. The van der Waals surface area contributed by atoms with Gasteiger partial charge in [0.05, 0.1) is 0 Å². The van der Waals surface area contributed by atoms with Gasteiger partial charge in [0.25, 0.3) is 5.91 Å². The lowest BCUT2D eigenvalue weighted by Gasteiger charge is -2.23. The Morgan fingerprint density at radius 3 is 2.39 bits per heavy atom. The van der Waals surface area contributed by atoms with E-state index >= 15 is 0 Å². The number of hydrazine groups is 1. The van der Waals surface area contributed by atoms with Crippen molar-refractivity contribution in [2.45, 2.75) is 12.0 Å². The Hall–Kier alpha value is -1.87. The van der Waals surface area contributed by atoms with Crippen molar-refractivity contribution in [3.63, 3.8) is 0 Å². The summed E-state index contributed by atoms with van der Waals surface area (Å²) in [5.41, 5.74) is 12.8. The van der Waals surface area contributed by atoms with Crippen LogP contribution >= 0.6 is 11.8 Å². The normalized spacial score (nSPS) is 23.2. The number of hydrogen-bond donors (Lipinski definition) is 4. The second-order valence-corrected chi connectivity index (χ2v) is 4.57. The van der Waals surface area contributed by atoms with Gasteiger partial charge in [-0.05, 0) is 6.42 Å². The Labute approximate surface area is 106 Å². The van der Waals surface area contributed by atoms with Crippen molar-refractivity contribution >= 4 is 34.6 Å². The quantitative estimate of drug-likeness (QED) is 0.248. The highest BCUT2D eigenvalue weighted by Gasteiger charge is 2.48. The molecular formula is C9H12N4O4S. The summed E-state index contributed by atoms with van der Waals surface area (Å²) in [5.74, 6) is -1.94. The minimum Gasteiger partial charge on any atom is -0.368 e. The average Bonchev–Trinajstić information content (AvgIpc) is 2.66. The van der Waals surface area contributed by atoms with Gasteiger partial charge < -0.3 is 11.5 Å². The molecule has 0 aromatic carbocycles. The van der Waals surface area contributed by atoms with Crippen molar-refractivity contribution in [3.8, 4) is 0 Å². The van der Waals surface area contributed by atoms with Gasteiger partial charge in [0.15, 0.2) is 5.54 Å². The molecule has 1 saturated heterocycles. The molecule has 1 fully saturated rings. The molecule has 0 aromatic rings. The summed E-state index contributed by atoms with van der Waals surface area (Å²) in [6, 6.07) is 0. The van der Waals surface area contributed by atoms with Crippen LogP contribution in [0.4, 0.5) is 0 Å². The molecule has 0 bridgehead atoms. The fourth-order valence-electron chi connectivity index (χ4n) is 1.29. The maximum atomic E-state index is 11.6. The fraction of sp³-hybridized carbons (Fsp3) is 0.333. The van der Waals surface area contributed by atoms with Crippen LogP contribution in [-0.4, -0.2) is 34.1 Å². The predicted molar refractivity (Wildman–Crippen MR) is 63.6 cm³/mol. The molecule has 0 aliphatic carbocycles. The van der Waals surface area contributed by atoms with Gasteiger partial charge in [0, 0.05) is 17.9 Å². The molecule has 0 radical (unpaired) electrons. The van der Waals surface area contributed by atoms with E-state index in [-0.39, 0.29) is 6.42 Å². The summed E-state index contributed by atoms with van der Waals surface area (Å²) in [5, 5.41) is -0.450. The number of nitrogens with one attached hydrogen (secondary N) is 2. The van der Waals surface area contributed by atoms with E-state index < -0.39 is 28.4 Å². The third-order valence-electron chi connectivity index (χ3n) is 2.28. The zero-order valence-corrected chi connectivity index (χ0v) is 10.1. The van der Waals surface area contributed by atoms with Gasteiger partial charge in [-0.1, -0.05) is 11.8 Å². The van der Waals surface area contributed by atoms with E-state index in [9.17, 15) is 19.2 Å². The Kier molecular flexibility index (Phi) is 4.45. The van der Waals surface area contributed by atoms with E-state index in [4.69, 9.17) is 11.5 Å². The highest BCUT2D eigenvalue weighted by atomic mass is 32.2. The molecule has 0 aromatic heterocycles. The van der Waals surface area contributed by atoms with E-state index in [2.05, 4.69) is 10.9 Å². The van der Waals surface area contributed by atoms with Crippen LogP contribution in [0.25, 0.3) is 0 Å². The fourth-order valence-corrected chi connectivity index (χ4v) is 2.38.